The van der Waals surface area contributed by atoms with Gasteiger partial charge in [-0.3, -0.25) is 0 Å². The molecule has 0 aromatic heterocycles. The molecule has 0 unspecified atom stereocenters. The Bertz CT molecular complexity index is 2670. The Morgan fingerprint density at radius 2 is 0.925 bits per heavy atom. The molecule has 0 radical (unpaired) electrons. The second kappa shape index (κ2) is 12.5. The fraction of sp³-hybridized carbons (Fsp3) is 0.170. The molecule has 258 valence electrons. The molecule has 0 fully saturated rings. The van der Waals surface area contributed by atoms with Crippen molar-refractivity contribution < 1.29 is 0 Å². The minimum atomic E-state index is -0.0379. The molecule has 0 aliphatic heterocycles. The molecule has 9 rings (SSSR count). The Balaban J connectivity index is 1.22. The molecular weight excluding hydrogens is 637 g/mol. The van der Waals surface area contributed by atoms with Crippen molar-refractivity contribution in [1.29, 1.82) is 0 Å². The van der Waals surface area contributed by atoms with Crippen LogP contribution in [0.15, 0.2) is 159 Å². The van der Waals surface area contributed by atoms with Crippen LogP contribution in [-0.4, -0.2) is 0 Å². The molecule has 2 aliphatic rings. The molecule has 0 spiro atoms. The molecule has 53 heavy (non-hydrogen) atoms. The lowest BCUT2D eigenvalue weighted by atomic mass is 9.81. The first-order chi connectivity index (χ1) is 25.7. The quantitative estimate of drug-likeness (QED) is 0.0850. The van der Waals surface area contributed by atoms with Crippen LogP contribution in [0.25, 0.3) is 66.1 Å². The van der Waals surface area contributed by atoms with Gasteiger partial charge in [-0.2, -0.15) is 0 Å². The molecule has 7 aromatic rings. The molecule has 0 nitrogen and oxygen atoms in total. The lowest BCUT2D eigenvalue weighted by Crippen LogP contribution is -2.14. The summed E-state index contributed by atoms with van der Waals surface area (Å²) in [7, 11) is 0. The van der Waals surface area contributed by atoms with E-state index in [1.807, 2.05) is 6.08 Å². The largest absolute Gasteiger partial charge is 0.103 e. The van der Waals surface area contributed by atoms with Gasteiger partial charge in [-0.05, 0) is 143 Å². The van der Waals surface area contributed by atoms with Crippen molar-refractivity contribution in [2.24, 2.45) is 0 Å². The van der Waals surface area contributed by atoms with E-state index in [2.05, 4.69) is 180 Å². The first-order valence-electron chi connectivity index (χ1n) is 19.1. The van der Waals surface area contributed by atoms with Gasteiger partial charge in [0, 0.05) is 10.8 Å². The van der Waals surface area contributed by atoms with E-state index in [9.17, 15) is 0 Å². The van der Waals surface area contributed by atoms with Crippen LogP contribution >= 0.6 is 0 Å². The summed E-state index contributed by atoms with van der Waals surface area (Å²) in [6.45, 7) is 17.5. The summed E-state index contributed by atoms with van der Waals surface area (Å²) in [6.07, 6.45) is 11.0. The van der Waals surface area contributed by atoms with Crippen LogP contribution in [0, 0.1) is 0 Å². The maximum atomic E-state index is 4.12. The van der Waals surface area contributed by atoms with Crippen LogP contribution in [0.1, 0.15) is 67.5 Å². The minimum Gasteiger partial charge on any atom is -0.103 e. The number of allylic oxidation sites excluding steroid dienone is 4. The van der Waals surface area contributed by atoms with Crippen LogP contribution in [0.4, 0.5) is 0 Å². The monoisotopic (exact) mass is 682 g/mol. The maximum absolute atomic E-state index is 4.12. The first kappa shape index (κ1) is 33.1. The number of fused-ring (bicyclic) bond motifs is 8. The molecule has 0 N–H and O–H groups in total. The number of hydrogen-bond donors (Lipinski definition) is 0. The molecule has 0 atom stereocenters. The highest BCUT2D eigenvalue weighted by atomic mass is 14.4. The van der Waals surface area contributed by atoms with E-state index in [4.69, 9.17) is 0 Å². The Morgan fingerprint density at radius 1 is 0.472 bits per heavy atom. The summed E-state index contributed by atoms with van der Waals surface area (Å²) in [5.74, 6) is 0. The van der Waals surface area contributed by atoms with E-state index >= 15 is 0 Å². The predicted molar refractivity (Wildman–Crippen MR) is 229 cm³/mol. The minimum absolute atomic E-state index is 0.0367. The Morgan fingerprint density at radius 3 is 1.45 bits per heavy atom. The van der Waals surface area contributed by atoms with Gasteiger partial charge in [0.2, 0.25) is 0 Å². The Labute approximate surface area is 314 Å². The lowest BCUT2D eigenvalue weighted by Gasteiger charge is -2.22. The van der Waals surface area contributed by atoms with Crippen LogP contribution in [0.2, 0.25) is 0 Å². The average molecular weight is 683 g/mol. The van der Waals surface area contributed by atoms with Gasteiger partial charge in [0.05, 0.1) is 0 Å². The molecule has 7 aromatic carbocycles. The third kappa shape index (κ3) is 5.11. The van der Waals surface area contributed by atoms with E-state index < -0.39 is 0 Å². The van der Waals surface area contributed by atoms with Gasteiger partial charge in [0.1, 0.15) is 0 Å². The third-order valence-corrected chi connectivity index (χ3v) is 12.4. The van der Waals surface area contributed by atoms with E-state index in [1.54, 1.807) is 0 Å². The van der Waals surface area contributed by atoms with Crippen molar-refractivity contribution in [3.8, 4) is 44.5 Å². The number of benzene rings is 7. The predicted octanol–water partition coefficient (Wildman–Crippen LogP) is 14.3. The Hall–Kier alpha value is -5.72. The van der Waals surface area contributed by atoms with E-state index in [1.165, 1.54) is 99.4 Å². The van der Waals surface area contributed by atoms with Crippen LogP contribution in [0.5, 0.6) is 0 Å². The smallest absolute Gasteiger partial charge is 0.0159 e. The molecule has 0 heteroatoms. The van der Waals surface area contributed by atoms with Crippen molar-refractivity contribution in [2.45, 2.75) is 57.8 Å². The summed E-state index contributed by atoms with van der Waals surface area (Å²) in [5, 5.41) is 5.33. The number of hydrogen-bond acceptors (Lipinski definition) is 0. The molecule has 0 saturated carbocycles. The zero-order valence-corrected chi connectivity index (χ0v) is 31.4. The standard InChI is InChI=1S/C53H46/c1-7-9-11-17-39-41-27-23-34(36-24-28-44-42-18-12-14-20-48(42)52(3,4)50(44)32-36)30-46(41)38(16-10-8-2)40-26-22-35(31-47(39)40)37-25-29-45-43-19-13-15-21-49(43)53(5,6)51(45)33-37/h7-9,11-15,18-33H,1-2,10,16-17H2,3-6H3/b11-9+. The van der Waals surface area contributed by atoms with Gasteiger partial charge < -0.3 is 0 Å². The van der Waals surface area contributed by atoms with Crippen molar-refractivity contribution in [1.82, 2.24) is 0 Å². The highest BCUT2D eigenvalue weighted by molar-refractivity contribution is 6.08. The highest BCUT2D eigenvalue weighted by Crippen LogP contribution is 2.51. The zero-order chi connectivity index (χ0) is 36.5. The number of rotatable bonds is 8. The summed E-state index contributed by atoms with van der Waals surface area (Å²) in [6, 6.07) is 46.3. The normalized spacial score (nSPS) is 14.6. The summed E-state index contributed by atoms with van der Waals surface area (Å²) in [4.78, 5) is 0. The van der Waals surface area contributed by atoms with E-state index in [-0.39, 0.29) is 10.8 Å². The second-order valence-corrected chi connectivity index (χ2v) is 16.0. The summed E-state index contributed by atoms with van der Waals surface area (Å²) < 4.78 is 0. The SMILES string of the molecule is C=C/C=C/Cc1c2cc(-c3ccc4c(c3)C(C)(C)c3ccccc3-4)ccc2c(CCC=C)c2cc(-c3ccc4c(c3)C(C)(C)c3ccccc3-4)ccc12. The number of aryl methyl sites for hydroxylation is 1. The first-order valence-corrected chi connectivity index (χ1v) is 19.1. The molecule has 2 aliphatic carbocycles. The molecule has 0 amide bonds. The molecule has 0 heterocycles. The van der Waals surface area contributed by atoms with Gasteiger partial charge in [-0.1, -0.05) is 156 Å². The maximum Gasteiger partial charge on any atom is 0.0159 e. The molecular formula is C53H46. The van der Waals surface area contributed by atoms with Crippen LogP contribution in [0.3, 0.4) is 0 Å². The lowest BCUT2D eigenvalue weighted by molar-refractivity contribution is 0.660. The van der Waals surface area contributed by atoms with Gasteiger partial charge in [-0.15, -0.1) is 6.58 Å². The van der Waals surface area contributed by atoms with Crippen LogP contribution < -0.4 is 0 Å². The van der Waals surface area contributed by atoms with E-state index in [0.29, 0.717) is 0 Å². The van der Waals surface area contributed by atoms with Crippen molar-refractivity contribution in [2.75, 3.05) is 0 Å². The van der Waals surface area contributed by atoms with Gasteiger partial charge >= 0.3 is 0 Å². The summed E-state index contributed by atoms with van der Waals surface area (Å²) in [5.41, 5.74) is 18.8. The van der Waals surface area contributed by atoms with Crippen molar-refractivity contribution in [3.63, 3.8) is 0 Å². The summed E-state index contributed by atoms with van der Waals surface area (Å²) >= 11 is 0. The van der Waals surface area contributed by atoms with E-state index in [0.717, 1.165) is 19.3 Å². The third-order valence-electron chi connectivity index (χ3n) is 12.4. The highest BCUT2D eigenvalue weighted by Gasteiger charge is 2.36. The zero-order valence-electron chi connectivity index (χ0n) is 31.4. The molecule has 0 saturated heterocycles. The van der Waals surface area contributed by atoms with Gasteiger partial charge in [0.25, 0.3) is 0 Å². The average Bonchev–Trinajstić information content (AvgIpc) is 3.56. The Kier molecular flexibility index (Phi) is 7.79. The van der Waals surface area contributed by atoms with Gasteiger partial charge in [0.15, 0.2) is 0 Å². The topological polar surface area (TPSA) is 0 Å². The van der Waals surface area contributed by atoms with Gasteiger partial charge in [-0.25, -0.2) is 0 Å². The fourth-order valence-electron chi connectivity index (χ4n) is 9.55. The van der Waals surface area contributed by atoms with Crippen molar-refractivity contribution in [3.05, 3.63) is 192 Å². The van der Waals surface area contributed by atoms with Crippen LogP contribution in [-0.2, 0) is 23.7 Å². The van der Waals surface area contributed by atoms with Crippen molar-refractivity contribution >= 4 is 21.5 Å². The molecule has 0 bridgehead atoms. The fourth-order valence-corrected chi connectivity index (χ4v) is 9.55. The second-order valence-electron chi connectivity index (χ2n) is 16.0.